The second-order valence-corrected chi connectivity index (χ2v) is 5.70. The lowest BCUT2D eigenvalue weighted by atomic mass is 10.3. The predicted molar refractivity (Wildman–Crippen MR) is 94.0 cm³/mol. The standard InChI is InChI=1S/C18H14O2S2/c21-17-9-5-15(6-10-17)19-13-1-2-14(4-3-13)20-16-7-11-18(22)12-8-16/h1-12,21-22H. The summed E-state index contributed by atoms with van der Waals surface area (Å²) < 4.78 is 11.5. The Morgan fingerprint density at radius 3 is 0.909 bits per heavy atom. The van der Waals surface area contributed by atoms with Crippen molar-refractivity contribution in [1.29, 1.82) is 0 Å². The molecule has 0 atom stereocenters. The number of hydrogen-bond acceptors (Lipinski definition) is 4. The van der Waals surface area contributed by atoms with Crippen molar-refractivity contribution in [1.82, 2.24) is 0 Å². The molecule has 2 nitrogen and oxygen atoms in total. The van der Waals surface area contributed by atoms with E-state index in [1.807, 2.05) is 72.8 Å². The average molecular weight is 326 g/mol. The number of ether oxygens (including phenoxy) is 2. The van der Waals surface area contributed by atoms with Crippen LogP contribution in [0.3, 0.4) is 0 Å². The first-order chi connectivity index (χ1) is 10.7. The molecule has 3 aromatic rings. The monoisotopic (exact) mass is 326 g/mol. The van der Waals surface area contributed by atoms with Gasteiger partial charge in [0, 0.05) is 9.79 Å². The van der Waals surface area contributed by atoms with E-state index in [2.05, 4.69) is 25.3 Å². The van der Waals surface area contributed by atoms with Crippen molar-refractivity contribution in [3.8, 4) is 23.0 Å². The van der Waals surface area contributed by atoms with Gasteiger partial charge in [0.15, 0.2) is 0 Å². The van der Waals surface area contributed by atoms with Gasteiger partial charge in [-0.2, -0.15) is 0 Å². The van der Waals surface area contributed by atoms with E-state index in [1.54, 1.807) is 0 Å². The molecule has 0 aliphatic carbocycles. The highest BCUT2D eigenvalue weighted by molar-refractivity contribution is 7.80. The Balaban J connectivity index is 1.67. The van der Waals surface area contributed by atoms with E-state index in [-0.39, 0.29) is 0 Å². The van der Waals surface area contributed by atoms with Crippen LogP contribution < -0.4 is 9.47 Å². The van der Waals surface area contributed by atoms with Gasteiger partial charge in [-0.15, -0.1) is 25.3 Å². The summed E-state index contributed by atoms with van der Waals surface area (Å²) in [4.78, 5) is 1.81. The maximum absolute atomic E-state index is 5.75. The van der Waals surface area contributed by atoms with E-state index in [9.17, 15) is 0 Å². The van der Waals surface area contributed by atoms with Crippen LogP contribution in [0.25, 0.3) is 0 Å². The number of thiol groups is 2. The van der Waals surface area contributed by atoms with Crippen LogP contribution in [0.15, 0.2) is 82.6 Å². The molecule has 0 bridgehead atoms. The smallest absolute Gasteiger partial charge is 0.127 e. The molecule has 22 heavy (non-hydrogen) atoms. The van der Waals surface area contributed by atoms with Crippen LogP contribution >= 0.6 is 25.3 Å². The molecule has 0 amide bonds. The molecule has 0 fully saturated rings. The van der Waals surface area contributed by atoms with Crippen LogP contribution in [0.5, 0.6) is 23.0 Å². The van der Waals surface area contributed by atoms with Gasteiger partial charge in [-0.05, 0) is 72.8 Å². The fraction of sp³-hybridized carbons (Fsp3) is 0. The zero-order chi connectivity index (χ0) is 15.4. The van der Waals surface area contributed by atoms with Gasteiger partial charge in [0.1, 0.15) is 23.0 Å². The topological polar surface area (TPSA) is 18.5 Å². The van der Waals surface area contributed by atoms with Crippen LogP contribution in [0.1, 0.15) is 0 Å². The van der Waals surface area contributed by atoms with Crippen molar-refractivity contribution in [3.05, 3.63) is 72.8 Å². The van der Waals surface area contributed by atoms with Crippen LogP contribution in [0.2, 0.25) is 0 Å². The first kappa shape index (κ1) is 14.9. The van der Waals surface area contributed by atoms with E-state index < -0.39 is 0 Å². The first-order valence-corrected chi connectivity index (χ1v) is 7.62. The van der Waals surface area contributed by atoms with Gasteiger partial charge < -0.3 is 9.47 Å². The summed E-state index contributed by atoms with van der Waals surface area (Å²) in [6, 6.07) is 22.6. The molecule has 0 unspecified atom stereocenters. The fourth-order valence-corrected chi connectivity index (χ4v) is 2.17. The number of rotatable bonds is 4. The Labute approximate surface area is 140 Å². The minimum Gasteiger partial charge on any atom is -0.457 e. The first-order valence-electron chi connectivity index (χ1n) is 6.73. The zero-order valence-electron chi connectivity index (χ0n) is 11.6. The Morgan fingerprint density at radius 2 is 0.636 bits per heavy atom. The largest absolute Gasteiger partial charge is 0.457 e. The summed E-state index contributed by atoms with van der Waals surface area (Å²) in [7, 11) is 0. The van der Waals surface area contributed by atoms with Gasteiger partial charge in [-0.25, -0.2) is 0 Å². The van der Waals surface area contributed by atoms with Crippen molar-refractivity contribution >= 4 is 25.3 Å². The molecule has 3 aromatic carbocycles. The van der Waals surface area contributed by atoms with Crippen molar-refractivity contribution < 1.29 is 9.47 Å². The Morgan fingerprint density at radius 1 is 0.409 bits per heavy atom. The molecule has 4 heteroatoms. The minimum absolute atomic E-state index is 0.755. The highest BCUT2D eigenvalue weighted by Gasteiger charge is 2.00. The predicted octanol–water partition coefficient (Wildman–Crippen LogP) is 5.85. The number of benzene rings is 3. The van der Waals surface area contributed by atoms with E-state index in [4.69, 9.17) is 9.47 Å². The molecule has 0 saturated heterocycles. The summed E-state index contributed by atoms with van der Waals surface area (Å²) in [5, 5.41) is 0. The molecular formula is C18H14O2S2. The van der Waals surface area contributed by atoms with Crippen LogP contribution in [0, 0.1) is 0 Å². The van der Waals surface area contributed by atoms with Crippen molar-refractivity contribution in [3.63, 3.8) is 0 Å². The minimum atomic E-state index is 0.755. The molecule has 0 saturated carbocycles. The lowest BCUT2D eigenvalue weighted by Crippen LogP contribution is -1.86. The summed E-state index contributed by atoms with van der Waals surface area (Å²) >= 11 is 8.50. The molecule has 0 heterocycles. The SMILES string of the molecule is Sc1ccc(Oc2ccc(Oc3ccc(S)cc3)cc2)cc1. The number of hydrogen-bond donors (Lipinski definition) is 2. The molecule has 0 N–H and O–H groups in total. The summed E-state index contributed by atoms with van der Waals surface area (Å²) in [5.74, 6) is 3.06. The van der Waals surface area contributed by atoms with Crippen LogP contribution in [-0.4, -0.2) is 0 Å². The van der Waals surface area contributed by atoms with Gasteiger partial charge in [0.25, 0.3) is 0 Å². The molecule has 3 rings (SSSR count). The van der Waals surface area contributed by atoms with E-state index in [1.165, 1.54) is 0 Å². The third-order valence-corrected chi connectivity index (χ3v) is 3.56. The van der Waals surface area contributed by atoms with E-state index in [0.717, 1.165) is 32.8 Å². The Bertz CT molecular complexity index is 669. The summed E-state index contributed by atoms with van der Waals surface area (Å²) in [5.41, 5.74) is 0. The second-order valence-electron chi connectivity index (χ2n) is 4.66. The molecule has 0 radical (unpaired) electrons. The molecule has 0 aliphatic heterocycles. The molecule has 0 aromatic heterocycles. The third-order valence-electron chi connectivity index (χ3n) is 2.97. The molecular weight excluding hydrogens is 312 g/mol. The highest BCUT2D eigenvalue weighted by atomic mass is 32.1. The summed E-state index contributed by atoms with van der Waals surface area (Å²) in [6.07, 6.45) is 0. The van der Waals surface area contributed by atoms with Crippen LogP contribution in [0.4, 0.5) is 0 Å². The van der Waals surface area contributed by atoms with Gasteiger partial charge in [-0.3, -0.25) is 0 Å². The van der Waals surface area contributed by atoms with Crippen molar-refractivity contribution in [2.75, 3.05) is 0 Å². The van der Waals surface area contributed by atoms with Gasteiger partial charge >= 0.3 is 0 Å². The molecule has 0 aliphatic rings. The van der Waals surface area contributed by atoms with Gasteiger partial charge in [0.05, 0.1) is 0 Å². The summed E-state index contributed by atoms with van der Waals surface area (Å²) in [6.45, 7) is 0. The second kappa shape index (κ2) is 6.81. The molecule has 0 spiro atoms. The third kappa shape index (κ3) is 4.00. The maximum Gasteiger partial charge on any atom is 0.127 e. The Kier molecular flexibility index (Phi) is 4.61. The lowest BCUT2D eigenvalue weighted by Gasteiger charge is -2.08. The maximum atomic E-state index is 5.75. The lowest BCUT2D eigenvalue weighted by molar-refractivity contribution is 0.469. The van der Waals surface area contributed by atoms with Gasteiger partial charge in [-0.1, -0.05) is 0 Å². The molecule has 110 valence electrons. The quantitative estimate of drug-likeness (QED) is 0.586. The van der Waals surface area contributed by atoms with Gasteiger partial charge in [0.2, 0.25) is 0 Å². The Hall–Kier alpha value is -2.04. The highest BCUT2D eigenvalue weighted by Crippen LogP contribution is 2.27. The van der Waals surface area contributed by atoms with Crippen molar-refractivity contribution in [2.24, 2.45) is 0 Å². The van der Waals surface area contributed by atoms with Crippen LogP contribution in [-0.2, 0) is 0 Å². The van der Waals surface area contributed by atoms with E-state index in [0.29, 0.717) is 0 Å². The average Bonchev–Trinajstić information content (AvgIpc) is 2.54. The van der Waals surface area contributed by atoms with E-state index >= 15 is 0 Å². The normalized spacial score (nSPS) is 10.3. The fourth-order valence-electron chi connectivity index (χ4n) is 1.88. The van der Waals surface area contributed by atoms with Crippen molar-refractivity contribution in [2.45, 2.75) is 9.79 Å². The zero-order valence-corrected chi connectivity index (χ0v) is 13.4.